The van der Waals surface area contributed by atoms with Crippen molar-refractivity contribution >= 4 is 35.2 Å². The van der Waals surface area contributed by atoms with Crippen LogP contribution in [0.3, 0.4) is 0 Å². The Labute approximate surface area is 203 Å². The Morgan fingerprint density at radius 2 is 1.94 bits per heavy atom. The van der Waals surface area contributed by atoms with Gasteiger partial charge in [-0.3, -0.25) is 4.79 Å². The zero-order chi connectivity index (χ0) is 24.0. The molecule has 0 radical (unpaired) electrons. The molecule has 0 unspecified atom stereocenters. The lowest BCUT2D eigenvalue weighted by atomic mass is 10.1. The molecule has 0 aliphatic heterocycles. The molecule has 33 heavy (non-hydrogen) atoms. The normalized spacial score (nSPS) is 11.6. The average Bonchev–Trinajstić information content (AvgIpc) is 3.18. The van der Waals surface area contributed by atoms with E-state index in [1.54, 1.807) is 53.2 Å². The van der Waals surface area contributed by atoms with Crippen LogP contribution in [-0.4, -0.2) is 40.8 Å². The Morgan fingerprint density at radius 1 is 1.21 bits per heavy atom. The lowest BCUT2D eigenvalue weighted by Gasteiger charge is -2.15. The molecule has 2 aromatic carbocycles. The van der Waals surface area contributed by atoms with Crippen LogP contribution in [0.2, 0.25) is 10.0 Å². The molecule has 1 heterocycles. The highest BCUT2D eigenvalue weighted by atomic mass is 35.5. The number of halogens is 3. The van der Waals surface area contributed by atoms with Crippen LogP contribution >= 0.6 is 23.2 Å². The van der Waals surface area contributed by atoms with Gasteiger partial charge < -0.3 is 9.64 Å². The molecular formula is C25H26Cl2FN3O2. The van der Waals surface area contributed by atoms with Gasteiger partial charge in [0.1, 0.15) is 5.82 Å². The number of hydrogen-bond acceptors (Lipinski definition) is 3. The van der Waals surface area contributed by atoms with Crippen LogP contribution in [0, 0.1) is 5.82 Å². The summed E-state index contributed by atoms with van der Waals surface area (Å²) < 4.78 is 20.6. The number of carbonyl (C=O) groups is 1. The summed E-state index contributed by atoms with van der Waals surface area (Å²) in [7, 11) is 1.75. The minimum Gasteiger partial charge on any atom is -0.372 e. The van der Waals surface area contributed by atoms with Crippen molar-refractivity contribution in [3.63, 3.8) is 0 Å². The highest BCUT2D eigenvalue weighted by molar-refractivity contribution is 6.35. The van der Waals surface area contributed by atoms with Crippen LogP contribution in [0.5, 0.6) is 0 Å². The number of hydrogen-bond donors (Lipinski definition) is 0. The molecule has 0 bridgehead atoms. The van der Waals surface area contributed by atoms with Gasteiger partial charge in [-0.15, -0.1) is 0 Å². The molecule has 3 rings (SSSR count). The Morgan fingerprint density at radius 3 is 2.61 bits per heavy atom. The number of rotatable bonds is 9. The molecule has 3 aromatic rings. The molecular weight excluding hydrogens is 464 g/mol. The predicted molar refractivity (Wildman–Crippen MR) is 131 cm³/mol. The highest BCUT2D eigenvalue weighted by Gasteiger charge is 2.21. The largest absolute Gasteiger partial charge is 0.372 e. The molecule has 0 N–H and O–H groups in total. The smallest absolute Gasteiger partial charge is 0.274 e. The minimum atomic E-state index is -0.274. The van der Waals surface area contributed by atoms with Crippen molar-refractivity contribution in [3.8, 4) is 5.69 Å². The van der Waals surface area contributed by atoms with Gasteiger partial charge in [-0.25, -0.2) is 9.07 Å². The number of amides is 1. The van der Waals surface area contributed by atoms with E-state index in [4.69, 9.17) is 27.9 Å². The minimum absolute atomic E-state index is 0.183. The summed E-state index contributed by atoms with van der Waals surface area (Å²) in [4.78, 5) is 14.6. The van der Waals surface area contributed by atoms with E-state index < -0.39 is 0 Å². The fraction of sp³-hybridized carbons (Fsp3) is 0.280. The molecule has 0 aliphatic rings. The molecule has 0 saturated carbocycles. The summed E-state index contributed by atoms with van der Waals surface area (Å²) in [5, 5.41) is 5.46. The van der Waals surface area contributed by atoms with Crippen LogP contribution in [-0.2, 0) is 11.3 Å². The van der Waals surface area contributed by atoms with Gasteiger partial charge in [0, 0.05) is 30.4 Å². The van der Waals surface area contributed by atoms with Crippen LogP contribution in [0.25, 0.3) is 11.8 Å². The summed E-state index contributed by atoms with van der Waals surface area (Å²) in [6.07, 6.45) is 4.52. The van der Waals surface area contributed by atoms with Gasteiger partial charge >= 0.3 is 0 Å². The average molecular weight is 490 g/mol. The summed E-state index contributed by atoms with van der Waals surface area (Å²) in [5.41, 5.74) is 3.44. The van der Waals surface area contributed by atoms with Crippen molar-refractivity contribution in [2.75, 3.05) is 20.2 Å². The van der Waals surface area contributed by atoms with Crippen LogP contribution < -0.4 is 0 Å². The molecule has 0 aliphatic carbocycles. The van der Waals surface area contributed by atoms with E-state index in [0.29, 0.717) is 40.1 Å². The molecule has 1 amide bonds. The topological polar surface area (TPSA) is 47.4 Å². The number of ether oxygens (including phenoxy) is 1. The third-order valence-corrected chi connectivity index (χ3v) is 5.46. The van der Waals surface area contributed by atoms with Crippen LogP contribution in [0.15, 0.2) is 54.2 Å². The van der Waals surface area contributed by atoms with Gasteiger partial charge in [0.15, 0.2) is 5.69 Å². The first kappa shape index (κ1) is 25.0. The van der Waals surface area contributed by atoms with E-state index in [2.05, 4.69) is 5.10 Å². The quantitative estimate of drug-likeness (QED) is 0.348. The Hall–Kier alpha value is -2.67. The number of carbonyl (C=O) groups excluding carboxylic acids is 1. The van der Waals surface area contributed by atoms with E-state index in [1.165, 1.54) is 12.1 Å². The van der Waals surface area contributed by atoms with E-state index in [0.717, 1.165) is 17.6 Å². The van der Waals surface area contributed by atoms with Crippen LogP contribution in [0.4, 0.5) is 4.39 Å². The maximum absolute atomic E-state index is 13.1. The fourth-order valence-electron chi connectivity index (χ4n) is 3.31. The van der Waals surface area contributed by atoms with Crippen LogP contribution in [0.1, 0.15) is 41.9 Å². The summed E-state index contributed by atoms with van der Waals surface area (Å²) in [5.74, 6) is -0.457. The van der Waals surface area contributed by atoms with Crippen molar-refractivity contribution in [1.82, 2.24) is 14.7 Å². The highest BCUT2D eigenvalue weighted by Crippen LogP contribution is 2.25. The first-order valence-electron chi connectivity index (χ1n) is 10.6. The number of benzene rings is 2. The van der Waals surface area contributed by atoms with Gasteiger partial charge in [-0.1, -0.05) is 48.3 Å². The SMILES string of the molecule is CCCN(C)C(=O)c1nn(-c2ccc(Cl)cc2Cl)cc1COC/C(C)=C\c1ccc(F)cc1. The monoisotopic (exact) mass is 489 g/mol. The number of nitrogens with zero attached hydrogens (tertiary/aromatic N) is 3. The second-order valence-electron chi connectivity index (χ2n) is 7.80. The summed E-state index contributed by atoms with van der Waals surface area (Å²) >= 11 is 12.4. The van der Waals surface area contributed by atoms with Crippen molar-refractivity contribution in [2.45, 2.75) is 26.9 Å². The summed E-state index contributed by atoms with van der Waals surface area (Å²) in [6, 6.07) is 11.3. The second kappa shape index (κ2) is 11.5. The van der Waals surface area contributed by atoms with Crippen molar-refractivity contribution in [1.29, 1.82) is 0 Å². The molecule has 0 atom stereocenters. The van der Waals surface area contributed by atoms with E-state index in [9.17, 15) is 9.18 Å². The Kier molecular flexibility index (Phi) is 8.67. The van der Waals surface area contributed by atoms with Gasteiger partial charge in [0.05, 0.1) is 23.9 Å². The van der Waals surface area contributed by atoms with Crippen molar-refractivity contribution in [3.05, 3.63) is 86.9 Å². The van der Waals surface area contributed by atoms with Gasteiger partial charge in [0.25, 0.3) is 5.91 Å². The third-order valence-electron chi connectivity index (χ3n) is 4.93. The van der Waals surface area contributed by atoms with Gasteiger partial charge in [0.2, 0.25) is 0 Å². The molecule has 174 valence electrons. The molecule has 0 spiro atoms. The van der Waals surface area contributed by atoms with Gasteiger partial charge in [-0.2, -0.15) is 5.10 Å². The zero-order valence-corrected chi connectivity index (χ0v) is 20.3. The third kappa shape index (κ3) is 6.67. The van der Waals surface area contributed by atoms with E-state index >= 15 is 0 Å². The van der Waals surface area contributed by atoms with Crippen molar-refractivity contribution < 1.29 is 13.9 Å². The maximum Gasteiger partial charge on any atom is 0.274 e. The zero-order valence-electron chi connectivity index (χ0n) is 18.8. The maximum atomic E-state index is 13.1. The first-order chi connectivity index (χ1) is 15.8. The molecule has 1 aromatic heterocycles. The Balaban J connectivity index is 1.80. The predicted octanol–water partition coefficient (Wildman–Crippen LogP) is 6.42. The molecule has 0 fully saturated rings. The molecule has 5 nitrogen and oxygen atoms in total. The number of aromatic nitrogens is 2. The van der Waals surface area contributed by atoms with Crippen molar-refractivity contribution in [2.24, 2.45) is 0 Å². The van der Waals surface area contributed by atoms with Gasteiger partial charge in [-0.05, 0) is 54.8 Å². The lowest BCUT2D eigenvalue weighted by Crippen LogP contribution is -2.28. The fourth-order valence-corrected chi connectivity index (χ4v) is 3.81. The Bertz CT molecular complexity index is 1140. The second-order valence-corrected chi connectivity index (χ2v) is 8.65. The van der Waals surface area contributed by atoms with E-state index in [1.807, 2.05) is 19.9 Å². The standard InChI is InChI=1S/C25H26Cl2FN3O2/c1-4-11-30(3)25(32)24-19(14-31(29-24)23-10-7-20(26)13-22(23)27)16-33-15-17(2)12-18-5-8-21(28)9-6-18/h5-10,12-14H,4,11,15-16H2,1-3H3/b17-12-. The molecule has 0 saturated heterocycles. The summed E-state index contributed by atoms with van der Waals surface area (Å²) in [6.45, 7) is 5.11. The molecule has 8 heteroatoms. The van der Waals surface area contributed by atoms with E-state index in [-0.39, 0.29) is 18.3 Å². The first-order valence-corrected chi connectivity index (χ1v) is 11.3. The lowest BCUT2D eigenvalue weighted by molar-refractivity contribution is 0.0781.